The van der Waals surface area contributed by atoms with Crippen LogP contribution in [-0.2, 0) is 11.2 Å². The zero-order valence-corrected chi connectivity index (χ0v) is 14.6. The molecule has 1 N–H and O–H groups in total. The molecule has 1 aliphatic heterocycles. The van der Waals surface area contributed by atoms with Crippen molar-refractivity contribution in [1.29, 1.82) is 0 Å². The van der Waals surface area contributed by atoms with Crippen LogP contribution in [0.2, 0.25) is 0 Å². The van der Waals surface area contributed by atoms with Gasteiger partial charge in [-0.3, -0.25) is 14.2 Å². The number of piperidine rings is 1. The van der Waals surface area contributed by atoms with E-state index >= 15 is 0 Å². The van der Waals surface area contributed by atoms with Crippen LogP contribution in [0.1, 0.15) is 18.4 Å². The maximum absolute atomic E-state index is 12.6. The average Bonchev–Trinajstić information content (AvgIpc) is 3.13. The van der Waals surface area contributed by atoms with E-state index in [1.165, 1.54) is 0 Å². The van der Waals surface area contributed by atoms with Gasteiger partial charge in [-0.2, -0.15) is 0 Å². The highest BCUT2D eigenvalue weighted by molar-refractivity contribution is 5.79. The zero-order valence-electron chi connectivity index (χ0n) is 14.6. The first kappa shape index (κ1) is 16.5. The van der Waals surface area contributed by atoms with E-state index in [1.54, 1.807) is 6.20 Å². The molecule has 0 unspecified atom stereocenters. The van der Waals surface area contributed by atoms with Crippen LogP contribution in [-0.4, -0.2) is 45.1 Å². The fourth-order valence-corrected chi connectivity index (χ4v) is 3.44. The fraction of sp³-hybridized carbons (Fsp3) is 0.368. The molecule has 1 atom stereocenters. The van der Waals surface area contributed by atoms with Crippen molar-refractivity contribution in [2.45, 2.75) is 19.3 Å². The highest BCUT2D eigenvalue weighted by atomic mass is 16.1. The van der Waals surface area contributed by atoms with E-state index in [2.05, 4.69) is 25.4 Å². The Morgan fingerprint density at radius 2 is 2.19 bits per heavy atom. The highest BCUT2D eigenvalue weighted by Crippen LogP contribution is 2.22. The number of fused-ring (bicyclic) bond motifs is 1. The Hall–Kier alpha value is -2.96. The number of pyridine rings is 2. The molecule has 1 saturated heterocycles. The van der Waals surface area contributed by atoms with E-state index in [0.717, 1.165) is 43.0 Å². The number of amides is 1. The van der Waals surface area contributed by atoms with E-state index in [4.69, 9.17) is 0 Å². The number of nitrogens with zero attached hydrogens (tertiary/aromatic N) is 5. The Morgan fingerprint density at radius 3 is 3.08 bits per heavy atom. The van der Waals surface area contributed by atoms with Crippen LogP contribution in [0, 0.1) is 5.92 Å². The SMILES string of the molecule is O=C(NCCc1cccnc1)[C@H]1CCCN(c2nnc3ccccn23)C1. The second kappa shape index (κ2) is 7.51. The fourth-order valence-electron chi connectivity index (χ4n) is 3.44. The van der Waals surface area contributed by atoms with Gasteiger partial charge in [0.15, 0.2) is 5.65 Å². The smallest absolute Gasteiger partial charge is 0.231 e. The standard InChI is InChI=1S/C19H22N6O/c26-18(21-10-8-15-5-3-9-20-13-15)16-6-4-11-24(14-16)19-23-22-17-7-1-2-12-25(17)19/h1-3,5,7,9,12-13,16H,4,6,8,10-11,14H2,(H,21,26)/t16-/m0/s1. The van der Waals surface area contributed by atoms with Crippen molar-refractivity contribution in [3.05, 3.63) is 54.5 Å². The summed E-state index contributed by atoms with van der Waals surface area (Å²) in [7, 11) is 0. The van der Waals surface area contributed by atoms with Crippen molar-refractivity contribution >= 4 is 17.5 Å². The maximum atomic E-state index is 12.6. The van der Waals surface area contributed by atoms with Gasteiger partial charge in [0.1, 0.15) is 0 Å². The van der Waals surface area contributed by atoms with E-state index < -0.39 is 0 Å². The van der Waals surface area contributed by atoms with Crippen molar-refractivity contribution in [1.82, 2.24) is 24.9 Å². The predicted molar refractivity (Wildman–Crippen MR) is 98.9 cm³/mol. The Labute approximate surface area is 152 Å². The molecule has 0 spiro atoms. The molecule has 4 heterocycles. The van der Waals surface area contributed by atoms with E-state index in [0.29, 0.717) is 13.1 Å². The lowest BCUT2D eigenvalue weighted by Crippen LogP contribution is -2.44. The van der Waals surface area contributed by atoms with Crippen LogP contribution in [0.25, 0.3) is 5.65 Å². The van der Waals surface area contributed by atoms with Gasteiger partial charge in [0, 0.05) is 38.2 Å². The van der Waals surface area contributed by atoms with Gasteiger partial charge in [-0.1, -0.05) is 12.1 Å². The van der Waals surface area contributed by atoms with Crippen LogP contribution >= 0.6 is 0 Å². The molecule has 134 valence electrons. The van der Waals surface area contributed by atoms with E-state index in [1.807, 2.05) is 47.1 Å². The Bertz CT molecular complexity index is 878. The van der Waals surface area contributed by atoms with Crippen molar-refractivity contribution in [2.75, 3.05) is 24.5 Å². The first-order chi connectivity index (χ1) is 12.8. The van der Waals surface area contributed by atoms with Gasteiger partial charge in [-0.15, -0.1) is 10.2 Å². The molecule has 0 aromatic carbocycles. The van der Waals surface area contributed by atoms with Gasteiger partial charge in [0.05, 0.1) is 5.92 Å². The molecule has 7 heteroatoms. The Morgan fingerprint density at radius 1 is 1.23 bits per heavy atom. The number of hydrogen-bond acceptors (Lipinski definition) is 5. The summed E-state index contributed by atoms with van der Waals surface area (Å²) in [4.78, 5) is 18.8. The molecule has 0 aliphatic carbocycles. The summed E-state index contributed by atoms with van der Waals surface area (Å²) < 4.78 is 1.97. The van der Waals surface area contributed by atoms with Gasteiger partial charge >= 0.3 is 0 Å². The summed E-state index contributed by atoms with van der Waals surface area (Å²) >= 11 is 0. The minimum Gasteiger partial charge on any atom is -0.355 e. The second-order valence-corrected chi connectivity index (χ2v) is 6.62. The average molecular weight is 350 g/mol. The number of anilines is 1. The predicted octanol–water partition coefficient (Wildman–Crippen LogP) is 1.70. The number of carbonyl (C=O) groups excluding carboxylic acids is 1. The molecule has 0 radical (unpaired) electrons. The molecule has 1 aliphatic rings. The minimum absolute atomic E-state index is 0.0197. The summed E-state index contributed by atoms with van der Waals surface area (Å²) in [5.74, 6) is 0.912. The number of nitrogens with one attached hydrogen (secondary N) is 1. The molecule has 7 nitrogen and oxygen atoms in total. The third-order valence-electron chi connectivity index (χ3n) is 4.81. The van der Waals surface area contributed by atoms with Gasteiger partial charge in [-0.05, 0) is 43.0 Å². The lowest BCUT2D eigenvalue weighted by atomic mass is 9.97. The molecule has 3 aromatic heterocycles. The molecular weight excluding hydrogens is 328 g/mol. The normalized spacial score (nSPS) is 17.4. The number of carbonyl (C=O) groups is 1. The first-order valence-electron chi connectivity index (χ1n) is 9.02. The lowest BCUT2D eigenvalue weighted by molar-refractivity contribution is -0.125. The van der Waals surface area contributed by atoms with Crippen molar-refractivity contribution < 1.29 is 4.79 Å². The van der Waals surface area contributed by atoms with Gasteiger partial charge < -0.3 is 10.2 Å². The topological polar surface area (TPSA) is 75.4 Å². The summed E-state index contributed by atoms with van der Waals surface area (Å²) in [5.41, 5.74) is 1.96. The van der Waals surface area contributed by atoms with Crippen LogP contribution < -0.4 is 10.2 Å². The van der Waals surface area contributed by atoms with Crippen LogP contribution in [0.15, 0.2) is 48.9 Å². The van der Waals surface area contributed by atoms with Gasteiger partial charge in [0.25, 0.3) is 0 Å². The van der Waals surface area contributed by atoms with Gasteiger partial charge in [-0.25, -0.2) is 0 Å². The van der Waals surface area contributed by atoms with Gasteiger partial charge in [0.2, 0.25) is 11.9 Å². The van der Waals surface area contributed by atoms with Crippen molar-refractivity contribution in [3.63, 3.8) is 0 Å². The monoisotopic (exact) mass is 350 g/mol. The second-order valence-electron chi connectivity index (χ2n) is 6.62. The van der Waals surface area contributed by atoms with Crippen molar-refractivity contribution in [2.24, 2.45) is 5.92 Å². The Kier molecular flexibility index (Phi) is 4.77. The number of aromatic nitrogens is 4. The summed E-state index contributed by atoms with van der Waals surface area (Å²) in [6.07, 6.45) is 8.24. The largest absolute Gasteiger partial charge is 0.355 e. The number of rotatable bonds is 5. The molecular formula is C19H22N6O. The van der Waals surface area contributed by atoms with Crippen molar-refractivity contribution in [3.8, 4) is 0 Å². The molecule has 3 aromatic rings. The summed E-state index contributed by atoms with van der Waals surface area (Å²) in [6.45, 7) is 2.21. The molecule has 26 heavy (non-hydrogen) atoms. The zero-order chi connectivity index (χ0) is 17.8. The first-order valence-corrected chi connectivity index (χ1v) is 9.02. The molecule has 1 amide bonds. The highest BCUT2D eigenvalue weighted by Gasteiger charge is 2.27. The van der Waals surface area contributed by atoms with E-state index in [9.17, 15) is 4.79 Å². The molecule has 4 rings (SSSR count). The lowest BCUT2D eigenvalue weighted by Gasteiger charge is -2.32. The summed E-state index contributed by atoms with van der Waals surface area (Å²) in [6, 6.07) is 9.79. The van der Waals surface area contributed by atoms with Crippen LogP contribution in [0.3, 0.4) is 0 Å². The third-order valence-corrected chi connectivity index (χ3v) is 4.81. The molecule has 0 saturated carbocycles. The quantitative estimate of drug-likeness (QED) is 0.758. The molecule has 0 bridgehead atoms. The summed E-state index contributed by atoms with van der Waals surface area (Å²) in [5, 5.41) is 11.6. The molecule has 1 fully saturated rings. The number of hydrogen-bond donors (Lipinski definition) is 1. The Balaban J connectivity index is 1.36. The van der Waals surface area contributed by atoms with Crippen LogP contribution in [0.5, 0.6) is 0 Å². The van der Waals surface area contributed by atoms with Crippen LogP contribution in [0.4, 0.5) is 5.95 Å². The van der Waals surface area contributed by atoms with E-state index in [-0.39, 0.29) is 11.8 Å². The third kappa shape index (κ3) is 3.51. The maximum Gasteiger partial charge on any atom is 0.231 e. The minimum atomic E-state index is -0.0197.